The van der Waals surface area contributed by atoms with Gasteiger partial charge in [0.2, 0.25) is 11.8 Å². The SMILES string of the molecule is O=C(CCC1Cc2ccccc2NC1=O)Nc1ccc(Oc2ccncc2)cc1. The normalized spacial score (nSPS) is 15.2. The van der Waals surface area contributed by atoms with Gasteiger partial charge in [-0.05, 0) is 60.9 Å². The third kappa shape index (κ3) is 4.79. The van der Waals surface area contributed by atoms with Crippen LogP contribution in [0.3, 0.4) is 0 Å². The van der Waals surface area contributed by atoms with Crippen molar-refractivity contribution in [2.75, 3.05) is 10.6 Å². The van der Waals surface area contributed by atoms with Gasteiger partial charge in [-0.25, -0.2) is 0 Å². The van der Waals surface area contributed by atoms with Crippen LogP contribution in [-0.2, 0) is 16.0 Å². The number of para-hydroxylation sites is 1. The fraction of sp³-hybridized carbons (Fsp3) is 0.174. The van der Waals surface area contributed by atoms with E-state index in [2.05, 4.69) is 15.6 Å². The Hall–Kier alpha value is -3.67. The first kappa shape index (κ1) is 18.7. The number of fused-ring (bicyclic) bond motifs is 1. The van der Waals surface area contributed by atoms with Gasteiger partial charge >= 0.3 is 0 Å². The highest BCUT2D eigenvalue weighted by Crippen LogP contribution is 2.28. The van der Waals surface area contributed by atoms with Crippen molar-refractivity contribution in [3.05, 3.63) is 78.6 Å². The van der Waals surface area contributed by atoms with E-state index in [0.717, 1.165) is 11.3 Å². The lowest BCUT2D eigenvalue weighted by atomic mass is 9.89. The maximum Gasteiger partial charge on any atom is 0.227 e. The number of hydrogen-bond acceptors (Lipinski definition) is 4. The van der Waals surface area contributed by atoms with Crippen LogP contribution in [0, 0.1) is 5.92 Å². The van der Waals surface area contributed by atoms with E-state index >= 15 is 0 Å². The monoisotopic (exact) mass is 387 g/mol. The summed E-state index contributed by atoms with van der Waals surface area (Å²) in [6.45, 7) is 0. The number of ether oxygens (including phenoxy) is 1. The van der Waals surface area contributed by atoms with E-state index in [9.17, 15) is 9.59 Å². The van der Waals surface area contributed by atoms with Gasteiger partial charge in [0.15, 0.2) is 0 Å². The minimum atomic E-state index is -0.188. The zero-order valence-corrected chi connectivity index (χ0v) is 15.8. The van der Waals surface area contributed by atoms with Crippen LogP contribution < -0.4 is 15.4 Å². The molecule has 146 valence electrons. The maximum absolute atomic E-state index is 12.3. The molecule has 1 atom stereocenters. The van der Waals surface area contributed by atoms with Crippen molar-refractivity contribution >= 4 is 23.2 Å². The van der Waals surface area contributed by atoms with Crippen molar-refractivity contribution in [3.63, 3.8) is 0 Å². The third-order valence-electron chi connectivity index (χ3n) is 4.86. The molecule has 6 nitrogen and oxygen atoms in total. The lowest BCUT2D eigenvalue weighted by Gasteiger charge is -2.24. The average Bonchev–Trinajstić information content (AvgIpc) is 2.74. The number of rotatable bonds is 6. The minimum absolute atomic E-state index is 0.0193. The van der Waals surface area contributed by atoms with Gasteiger partial charge in [-0.2, -0.15) is 0 Å². The van der Waals surface area contributed by atoms with Crippen molar-refractivity contribution in [3.8, 4) is 11.5 Å². The first-order valence-electron chi connectivity index (χ1n) is 9.54. The predicted octanol–water partition coefficient (Wildman–Crippen LogP) is 4.40. The molecule has 1 aliphatic heterocycles. The number of anilines is 2. The Morgan fingerprint density at radius 1 is 1.03 bits per heavy atom. The van der Waals surface area contributed by atoms with Gasteiger partial charge < -0.3 is 15.4 Å². The van der Waals surface area contributed by atoms with Gasteiger partial charge in [0.25, 0.3) is 0 Å². The van der Waals surface area contributed by atoms with E-state index in [1.807, 2.05) is 24.3 Å². The number of carbonyl (C=O) groups is 2. The summed E-state index contributed by atoms with van der Waals surface area (Å²) in [6.07, 6.45) is 4.78. The molecule has 2 N–H and O–H groups in total. The van der Waals surface area contributed by atoms with Crippen LogP contribution in [0.1, 0.15) is 18.4 Å². The lowest BCUT2D eigenvalue weighted by Crippen LogP contribution is -2.30. The van der Waals surface area contributed by atoms with Crippen LogP contribution in [0.25, 0.3) is 0 Å². The summed E-state index contributed by atoms with van der Waals surface area (Å²) in [5.41, 5.74) is 2.67. The Morgan fingerprint density at radius 3 is 2.55 bits per heavy atom. The molecular weight excluding hydrogens is 366 g/mol. The fourth-order valence-corrected chi connectivity index (χ4v) is 3.32. The standard InChI is InChI=1S/C23H21N3O3/c27-22(10-5-17-15-16-3-1-2-4-21(16)26-23(17)28)25-18-6-8-19(9-7-18)29-20-11-13-24-14-12-20/h1-4,6-9,11-14,17H,5,10,15H2,(H,25,27)(H,26,28). The minimum Gasteiger partial charge on any atom is -0.457 e. The molecule has 1 unspecified atom stereocenters. The Bertz CT molecular complexity index is 1000. The summed E-state index contributed by atoms with van der Waals surface area (Å²) in [4.78, 5) is 28.5. The second kappa shape index (κ2) is 8.56. The topological polar surface area (TPSA) is 80.3 Å². The Labute approximate surface area is 168 Å². The van der Waals surface area contributed by atoms with E-state index < -0.39 is 0 Å². The van der Waals surface area contributed by atoms with Crippen LogP contribution in [0.5, 0.6) is 11.5 Å². The number of nitrogens with one attached hydrogen (secondary N) is 2. The molecule has 3 aromatic rings. The number of carbonyl (C=O) groups excluding carboxylic acids is 2. The molecule has 1 aromatic heterocycles. The Kier molecular flexibility index (Phi) is 5.52. The molecule has 0 radical (unpaired) electrons. The maximum atomic E-state index is 12.3. The molecule has 0 spiro atoms. The molecule has 6 heteroatoms. The molecule has 4 rings (SSSR count). The molecule has 0 saturated carbocycles. The molecule has 29 heavy (non-hydrogen) atoms. The van der Waals surface area contributed by atoms with Gasteiger partial charge in [0.1, 0.15) is 11.5 Å². The largest absolute Gasteiger partial charge is 0.457 e. The summed E-state index contributed by atoms with van der Waals surface area (Å²) in [7, 11) is 0. The van der Waals surface area contributed by atoms with Crippen LogP contribution in [-0.4, -0.2) is 16.8 Å². The van der Waals surface area contributed by atoms with E-state index in [0.29, 0.717) is 30.0 Å². The van der Waals surface area contributed by atoms with Gasteiger partial charge in [-0.1, -0.05) is 18.2 Å². The van der Waals surface area contributed by atoms with Gasteiger partial charge in [-0.3, -0.25) is 14.6 Å². The summed E-state index contributed by atoms with van der Waals surface area (Å²) in [6, 6.07) is 18.5. The average molecular weight is 387 g/mol. The molecule has 2 aromatic carbocycles. The quantitative estimate of drug-likeness (QED) is 0.657. The lowest BCUT2D eigenvalue weighted by molar-refractivity contribution is -0.121. The third-order valence-corrected chi connectivity index (χ3v) is 4.86. The molecule has 0 fully saturated rings. The second-order valence-electron chi connectivity index (χ2n) is 6.94. The first-order valence-corrected chi connectivity index (χ1v) is 9.54. The zero-order chi connectivity index (χ0) is 20.1. The van der Waals surface area contributed by atoms with Crippen LogP contribution in [0.2, 0.25) is 0 Å². The Balaban J connectivity index is 1.28. The van der Waals surface area contributed by atoms with Crippen molar-refractivity contribution < 1.29 is 14.3 Å². The molecule has 0 saturated heterocycles. The smallest absolute Gasteiger partial charge is 0.227 e. The van der Waals surface area contributed by atoms with Crippen LogP contribution in [0.15, 0.2) is 73.1 Å². The fourth-order valence-electron chi connectivity index (χ4n) is 3.32. The van der Waals surface area contributed by atoms with Crippen LogP contribution in [0.4, 0.5) is 11.4 Å². The number of pyridine rings is 1. The summed E-state index contributed by atoms with van der Waals surface area (Å²) >= 11 is 0. The van der Waals surface area contributed by atoms with E-state index in [1.165, 1.54) is 0 Å². The van der Waals surface area contributed by atoms with Gasteiger partial charge in [0.05, 0.1) is 0 Å². The summed E-state index contributed by atoms with van der Waals surface area (Å²) < 4.78 is 5.71. The highest BCUT2D eigenvalue weighted by atomic mass is 16.5. The van der Waals surface area contributed by atoms with E-state index in [1.54, 1.807) is 48.8 Å². The molecule has 2 amide bonds. The summed E-state index contributed by atoms with van der Waals surface area (Å²) in [5, 5.41) is 5.79. The van der Waals surface area contributed by atoms with Crippen molar-refractivity contribution in [1.29, 1.82) is 0 Å². The van der Waals surface area contributed by atoms with Crippen molar-refractivity contribution in [1.82, 2.24) is 4.98 Å². The summed E-state index contributed by atoms with van der Waals surface area (Å²) in [5.74, 6) is 1.05. The predicted molar refractivity (Wildman–Crippen MR) is 111 cm³/mol. The van der Waals surface area contributed by atoms with Gasteiger partial charge in [0, 0.05) is 36.1 Å². The molecule has 1 aliphatic rings. The number of nitrogens with zero attached hydrogens (tertiary/aromatic N) is 1. The highest BCUT2D eigenvalue weighted by molar-refractivity contribution is 5.96. The van der Waals surface area contributed by atoms with E-state index in [-0.39, 0.29) is 24.2 Å². The van der Waals surface area contributed by atoms with Crippen LogP contribution >= 0.6 is 0 Å². The van der Waals surface area contributed by atoms with Gasteiger partial charge in [-0.15, -0.1) is 0 Å². The molecule has 2 heterocycles. The zero-order valence-electron chi connectivity index (χ0n) is 15.8. The number of amides is 2. The molecular formula is C23H21N3O3. The Morgan fingerprint density at radius 2 is 1.76 bits per heavy atom. The number of aromatic nitrogens is 1. The van der Waals surface area contributed by atoms with E-state index in [4.69, 9.17) is 4.74 Å². The highest BCUT2D eigenvalue weighted by Gasteiger charge is 2.26. The number of benzene rings is 2. The first-order chi connectivity index (χ1) is 14.2. The van der Waals surface area contributed by atoms with Crippen molar-refractivity contribution in [2.45, 2.75) is 19.3 Å². The molecule has 0 aliphatic carbocycles. The number of hydrogen-bond donors (Lipinski definition) is 2. The second-order valence-corrected chi connectivity index (χ2v) is 6.94. The molecule has 0 bridgehead atoms. The van der Waals surface area contributed by atoms with Crippen molar-refractivity contribution in [2.24, 2.45) is 5.92 Å².